The first-order valence-electron chi connectivity index (χ1n) is 7.76. The highest BCUT2D eigenvalue weighted by Gasteiger charge is 2.12. The lowest BCUT2D eigenvalue weighted by Crippen LogP contribution is -2.28. The number of nitrogens with one attached hydrogen (secondary N) is 2. The summed E-state index contributed by atoms with van der Waals surface area (Å²) >= 11 is 5.81. The van der Waals surface area contributed by atoms with E-state index < -0.39 is 17.6 Å². The number of amides is 3. The summed E-state index contributed by atoms with van der Waals surface area (Å²) in [6.45, 7) is 0.0658. The number of nitrogens with two attached hydrogens (primary N) is 1. The Labute approximate surface area is 154 Å². The van der Waals surface area contributed by atoms with Crippen molar-refractivity contribution < 1.29 is 18.8 Å². The van der Waals surface area contributed by atoms with Gasteiger partial charge in [0.25, 0.3) is 5.91 Å². The van der Waals surface area contributed by atoms with Crippen molar-refractivity contribution in [1.82, 2.24) is 5.32 Å². The lowest BCUT2D eigenvalue weighted by atomic mass is 10.1. The van der Waals surface area contributed by atoms with E-state index in [2.05, 4.69) is 10.6 Å². The van der Waals surface area contributed by atoms with Gasteiger partial charge < -0.3 is 16.4 Å². The molecule has 0 atom stereocenters. The number of carbonyl (C=O) groups excluding carboxylic acids is 3. The monoisotopic (exact) mass is 377 g/mol. The molecule has 8 heteroatoms. The maximum Gasteiger partial charge on any atom is 0.252 e. The zero-order valence-corrected chi connectivity index (χ0v) is 14.5. The van der Waals surface area contributed by atoms with E-state index in [-0.39, 0.29) is 35.9 Å². The minimum atomic E-state index is -0.541. The third kappa shape index (κ3) is 5.56. The number of hydrogen-bond acceptors (Lipinski definition) is 3. The van der Waals surface area contributed by atoms with Gasteiger partial charge in [-0.1, -0.05) is 29.8 Å². The highest BCUT2D eigenvalue weighted by atomic mass is 35.5. The number of anilines is 1. The standard InChI is InChI=1S/C18H17ClFN3O3/c19-14-10-12(20)5-6-13(14)18(26)22-8-7-17(25)23-15-4-2-1-3-11(15)9-16(21)24/h1-6,10H,7-9H2,(H2,21,24)(H,22,26)(H,23,25). The molecule has 0 bridgehead atoms. The van der Waals surface area contributed by atoms with Gasteiger partial charge in [0, 0.05) is 18.7 Å². The lowest BCUT2D eigenvalue weighted by Gasteiger charge is -2.10. The van der Waals surface area contributed by atoms with Gasteiger partial charge in [-0.2, -0.15) is 0 Å². The number of halogens is 2. The predicted molar refractivity (Wildman–Crippen MR) is 96.3 cm³/mol. The first-order chi connectivity index (χ1) is 12.4. The van der Waals surface area contributed by atoms with E-state index in [1.54, 1.807) is 24.3 Å². The molecule has 0 saturated carbocycles. The number of benzene rings is 2. The molecule has 0 fully saturated rings. The van der Waals surface area contributed by atoms with Gasteiger partial charge in [0.2, 0.25) is 11.8 Å². The molecule has 2 aromatic carbocycles. The maximum absolute atomic E-state index is 13.0. The van der Waals surface area contributed by atoms with E-state index >= 15 is 0 Å². The molecule has 4 N–H and O–H groups in total. The summed E-state index contributed by atoms with van der Waals surface area (Å²) in [7, 11) is 0. The molecule has 2 rings (SSSR count). The minimum absolute atomic E-state index is 0.00710. The Morgan fingerprint density at radius 1 is 1.12 bits per heavy atom. The largest absolute Gasteiger partial charge is 0.369 e. The van der Waals surface area contributed by atoms with Crippen molar-refractivity contribution in [2.45, 2.75) is 12.8 Å². The van der Waals surface area contributed by atoms with Crippen molar-refractivity contribution in [3.05, 3.63) is 64.4 Å². The molecule has 0 aliphatic heterocycles. The molecule has 3 amide bonds. The number of rotatable bonds is 7. The predicted octanol–water partition coefficient (Wildman–Crippen LogP) is 2.27. The van der Waals surface area contributed by atoms with Crippen LogP contribution < -0.4 is 16.4 Å². The highest BCUT2D eigenvalue weighted by Crippen LogP contribution is 2.17. The van der Waals surface area contributed by atoms with Gasteiger partial charge in [-0.25, -0.2) is 4.39 Å². The Morgan fingerprint density at radius 3 is 2.54 bits per heavy atom. The first kappa shape index (κ1) is 19.4. The third-order valence-corrected chi connectivity index (χ3v) is 3.78. The van der Waals surface area contributed by atoms with Crippen LogP contribution in [-0.4, -0.2) is 24.3 Å². The van der Waals surface area contributed by atoms with Gasteiger partial charge in [-0.05, 0) is 29.8 Å². The van der Waals surface area contributed by atoms with Gasteiger partial charge >= 0.3 is 0 Å². The molecular weight excluding hydrogens is 361 g/mol. The summed E-state index contributed by atoms with van der Waals surface area (Å²) in [5.41, 5.74) is 6.40. The Hall–Kier alpha value is -2.93. The summed E-state index contributed by atoms with van der Waals surface area (Å²) in [5.74, 6) is -1.89. The second kappa shape index (κ2) is 8.96. The van der Waals surface area contributed by atoms with Crippen molar-refractivity contribution in [1.29, 1.82) is 0 Å². The summed E-state index contributed by atoms with van der Waals surface area (Å²) in [6, 6.07) is 10.2. The Kier molecular flexibility index (Phi) is 6.68. The van der Waals surface area contributed by atoms with Crippen LogP contribution >= 0.6 is 11.6 Å². The molecule has 0 aliphatic carbocycles. The maximum atomic E-state index is 13.0. The molecule has 0 radical (unpaired) electrons. The summed E-state index contributed by atoms with van der Waals surface area (Å²) in [6.07, 6.45) is 0.0196. The number of carbonyl (C=O) groups is 3. The van der Waals surface area contributed by atoms with E-state index in [0.717, 1.165) is 12.1 Å². The fraction of sp³-hybridized carbons (Fsp3) is 0.167. The molecule has 0 aliphatic rings. The Balaban J connectivity index is 1.88. The van der Waals surface area contributed by atoms with Crippen molar-refractivity contribution in [2.75, 3.05) is 11.9 Å². The summed E-state index contributed by atoms with van der Waals surface area (Å²) in [5, 5.41) is 5.21. The quantitative estimate of drug-likeness (QED) is 0.689. The SMILES string of the molecule is NC(=O)Cc1ccccc1NC(=O)CCNC(=O)c1ccc(F)cc1Cl. The fourth-order valence-electron chi connectivity index (χ4n) is 2.26. The van der Waals surface area contributed by atoms with Crippen LogP contribution in [0, 0.1) is 5.82 Å². The average Bonchev–Trinajstić information content (AvgIpc) is 2.56. The van der Waals surface area contributed by atoms with E-state index in [9.17, 15) is 18.8 Å². The summed E-state index contributed by atoms with van der Waals surface area (Å²) in [4.78, 5) is 35.1. The van der Waals surface area contributed by atoms with Crippen LogP contribution in [-0.2, 0) is 16.0 Å². The van der Waals surface area contributed by atoms with Crippen LogP contribution in [0.3, 0.4) is 0 Å². The molecule has 2 aromatic rings. The minimum Gasteiger partial charge on any atom is -0.369 e. The van der Waals surface area contributed by atoms with Crippen LogP contribution in [0.2, 0.25) is 5.02 Å². The zero-order valence-electron chi connectivity index (χ0n) is 13.7. The smallest absolute Gasteiger partial charge is 0.252 e. The molecular formula is C18H17ClFN3O3. The fourth-order valence-corrected chi connectivity index (χ4v) is 2.51. The van der Waals surface area contributed by atoms with Gasteiger partial charge in [0.15, 0.2) is 0 Å². The first-order valence-corrected chi connectivity index (χ1v) is 8.14. The Morgan fingerprint density at radius 2 is 1.85 bits per heavy atom. The van der Waals surface area contributed by atoms with Crippen LogP contribution in [0.5, 0.6) is 0 Å². The molecule has 0 aromatic heterocycles. The average molecular weight is 378 g/mol. The van der Waals surface area contributed by atoms with Crippen molar-refractivity contribution in [3.63, 3.8) is 0 Å². The van der Waals surface area contributed by atoms with Gasteiger partial charge in [0.05, 0.1) is 17.0 Å². The molecule has 0 saturated heterocycles. The van der Waals surface area contributed by atoms with E-state index in [1.807, 2.05) is 0 Å². The van der Waals surface area contributed by atoms with Crippen molar-refractivity contribution in [3.8, 4) is 0 Å². The topological polar surface area (TPSA) is 101 Å². The third-order valence-electron chi connectivity index (χ3n) is 3.47. The molecule has 6 nitrogen and oxygen atoms in total. The van der Waals surface area contributed by atoms with Crippen molar-refractivity contribution in [2.24, 2.45) is 5.73 Å². The van der Waals surface area contributed by atoms with Crippen LogP contribution in [0.1, 0.15) is 22.3 Å². The van der Waals surface area contributed by atoms with Gasteiger partial charge in [-0.15, -0.1) is 0 Å². The highest BCUT2D eigenvalue weighted by molar-refractivity contribution is 6.33. The number of primary amides is 1. The van der Waals surface area contributed by atoms with Crippen molar-refractivity contribution >= 4 is 35.0 Å². The molecule has 136 valence electrons. The van der Waals surface area contributed by atoms with Gasteiger partial charge in [0.1, 0.15) is 5.82 Å². The normalized spacial score (nSPS) is 10.2. The Bertz CT molecular complexity index is 842. The van der Waals surface area contributed by atoms with E-state index in [0.29, 0.717) is 11.3 Å². The molecule has 0 heterocycles. The lowest BCUT2D eigenvalue weighted by molar-refractivity contribution is -0.118. The van der Waals surface area contributed by atoms with E-state index in [4.69, 9.17) is 17.3 Å². The molecule has 26 heavy (non-hydrogen) atoms. The molecule has 0 spiro atoms. The van der Waals surface area contributed by atoms with Crippen LogP contribution in [0.25, 0.3) is 0 Å². The zero-order chi connectivity index (χ0) is 19.1. The van der Waals surface area contributed by atoms with Crippen LogP contribution in [0.15, 0.2) is 42.5 Å². The van der Waals surface area contributed by atoms with E-state index in [1.165, 1.54) is 6.07 Å². The second-order valence-electron chi connectivity index (χ2n) is 5.48. The number of hydrogen-bond donors (Lipinski definition) is 3. The second-order valence-corrected chi connectivity index (χ2v) is 5.89. The summed E-state index contributed by atoms with van der Waals surface area (Å²) < 4.78 is 13.0. The van der Waals surface area contributed by atoms with Gasteiger partial charge in [-0.3, -0.25) is 14.4 Å². The molecule has 0 unspecified atom stereocenters. The van der Waals surface area contributed by atoms with Crippen LogP contribution in [0.4, 0.5) is 10.1 Å². The number of para-hydroxylation sites is 1.